The van der Waals surface area contributed by atoms with Crippen molar-refractivity contribution in [3.05, 3.63) is 69.7 Å². The maximum absolute atomic E-state index is 12.1. The molecule has 1 heterocycles. The van der Waals surface area contributed by atoms with Crippen LogP contribution in [-0.4, -0.2) is 23.0 Å². The van der Waals surface area contributed by atoms with Gasteiger partial charge in [-0.2, -0.15) is 10.1 Å². The number of halogens is 1. The van der Waals surface area contributed by atoms with Crippen LogP contribution in [-0.2, 0) is 0 Å². The second kappa shape index (κ2) is 5.02. The van der Waals surface area contributed by atoms with Gasteiger partial charge in [0.05, 0.1) is 17.3 Å². The van der Waals surface area contributed by atoms with E-state index in [4.69, 9.17) is 0 Å². The molecular weight excluding hydrogens is 320 g/mol. The van der Waals surface area contributed by atoms with Gasteiger partial charge in [-0.15, -0.1) is 0 Å². The van der Waals surface area contributed by atoms with Crippen molar-refractivity contribution < 1.29 is 9.59 Å². The molecule has 0 aliphatic carbocycles. The smallest absolute Gasteiger partial charge is 0.267 e. The molecule has 0 saturated heterocycles. The largest absolute Gasteiger partial charge is 0.282 e. The number of nitrogens with zero attached hydrogens (tertiary/aromatic N) is 2. The maximum Gasteiger partial charge on any atom is 0.282 e. The van der Waals surface area contributed by atoms with E-state index in [1.807, 2.05) is 24.3 Å². The number of imide groups is 1. The Hall–Kier alpha value is -2.27. The Bertz CT molecular complexity index is 705. The van der Waals surface area contributed by atoms with Crippen molar-refractivity contribution in [1.82, 2.24) is 5.01 Å². The number of hydrogen-bond donors (Lipinski definition) is 0. The maximum atomic E-state index is 12.1. The lowest BCUT2D eigenvalue weighted by molar-refractivity contribution is 0.0660. The zero-order chi connectivity index (χ0) is 14.1. The van der Waals surface area contributed by atoms with E-state index < -0.39 is 11.8 Å². The molecule has 0 radical (unpaired) electrons. The van der Waals surface area contributed by atoms with Crippen LogP contribution in [0.25, 0.3) is 0 Å². The van der Waals surface area contributed by atoms with Gasteiger partial charge in [0, 0.05) is 4.47 Å². The molecule has 98 valence electrons. The van der Waals surface area contributed by atoms with E-state index in [-0.39, 0.29) is 0 Å². The van der Waals surface area contributed by atoms with E-state index in [1.54, 1.807) is 24.3 Å². The Morgan fingerprint density at radius 3 is 2.20 bits per heavy atom. The standard InChI is InChI=1S/C15H9BrN2O2/c16-11-5-3-4-10(8-11)9-17-18-14(19)12-6-1-2-7-13(12)15(18)20/h1-9H/b17-9+. The summed E-state index contributed by atoms with van der Waals surface area (Å²) in [5, 5.41) is 4.89. The first-order valence-electron chi connectivity index (χ1n) is 5.94. The summed E-state index contributed by atoms with van der Waals surface area (Å²) in [6.07, 6.45) is 1.49. The molecule has 20 heavy (non-hydrogen) atoms. The van der Waals surface area contributed by atoms with E-state index in [0.717, 1.165) is 15.0 Å². The second-order valence-corrected chi connectivity index (χ2v) is 5.18. The first-order chi connectivity index (χ1) is 9.66. The highest BCUT2D eigenvalue weighted by Crippen LogP contribution is 2.22. The van der Waals surface area contributed by atoms with Crippen LogP contribution < -0.4 is 0 Å². The normalized spacial score (nSPS) is 14.2. The van der Waals surface area contributed by atoms with Crippen LogP contribution in [0.1, 0.15) is 26.3 Å². The predicted octanol–water partition coefficient (Wildman–Crippen LogP) is 3.08. The lowest BCUT2D eigenvalue weighted by Crippen LogP contribution is -2.23. The minimum atomic E-state index is -0.392. The van der Waals surface area contributed by atoms with Gasteiger partial charge in [0.1, 0.15) is 0 Å². The van der Waals surface area contributed by atoms with Crippen molar-refractivity contribution in [3.8, 4) is 0 Å². The zero-order valence-corrected chi connectivity index (χ0v) is 11.9. The van der Waals surface area contributed by atoms with E-state index in [2.05, 4.69) is 21.0 Å². The lowest BCUT2D eigenvalue weighted by atomic mass is 10.1. The third-order valence-electron chi connectivity index (χ3n) is 2.94. The van der Waals surface area contributed by atoms with Crippen molar-refractivity contribution in [3.63, 3.8) is 0 Å². The Labute approximate surface area is 123 Å². The van der Waals surface area contributed by atoms with Crippen molar-refractivity contribution in [2.24, 2.45) is 5.10 Å². The monoisotopic (exact) mass is 328 g/mol. The molecule has 2 aromatic rings. The van der Waals surface area contributed by atoms with Crippen LogP contribution >= 0.6 is 15.9 Å². The average molecular weight is 329 g/mol. The van der Waals surface area contributed by atoms with Gasteiger partial charge in [-0.1, -0.05) is 40.2 Å². The summed E-state index contributed by atoms with van der Waals surface area (Å²) >= 11 is 3.35. The molecule has 0 N–H and O–H groups in total. The highest BCUT2D eigenvalue weighted by molar-refractivity contribution is 9.10. The summed E-state index contributed by atoms with van der Waals surface area (Å²) in [6.45, 7) is 0. The van der Waals surface area contributed by atoms with Crippen LogP contribution in [0.4, 0.5) is 0 Å². The number of hydrazone groups is 1. The summed E-state index contributed by atoms with van der Waals surface area (Å²) in [5.41, 5.74) is 1.59. The van der Waals surface area contributed by atoms with E-state index >= 15 is 0 Å². The summed E-state index contributed by atoms with van der Waals surface area (Å²) in [6, 6.07) is 14.1. The minimum Gasteiger partial charge on any atom is -0.267 e. The van der Waals surface area contributed by atoms with E-state index in [0.29, 0.717) is 11.1 Å². The van der Waals surface area contributed by atoms with Crippen molar-refractivity contribution >= 4 is 34.0 Å². The number of carbonyl (C=O) groups is 2. The third-order valence-corrected chi connectivity index (χ3v) is 3.44. The molecule has 2 aromatic carbocycles. The lowest BCUT2D eigenvalue weighted by Gasteiger charge is -2.05. The predicted molar refractivity (Wildman–Crippen MR) is 78.7 cm³/mol. The molecule has 0 spiro atoms. The van der Waals surface area contributed by atoms with Crippen molar-refractivity contribution in [2.45, 2.75) is 0 Å². The zero-order valence-electron chi connectivity index (χ0n) is 10.3. The Balaban J connectivity index is 1.90. The topological polar surface area (TPSA) is 49.7 Å². The molecular formula is C15H9BrN2O2. The van der Waals surface area contributed by atoms with Crippen LogP contribution in [0.3, 0.4) is 0 Å². The van der Waals surface area contributed by atoms with Gasteiger partial charge in [-0.25, -0.2) is 0 Å². The number of carbonyl (C=O) groups excluding carboxylic acids is 2. The number of rotatable bonds is 2. The molecule has 0 saturated carbocycles. The fourth-order valence-electron chi connectivity index (χ4n) is 1.99. The molecule has 3 rings (SSSR count). The Kier molecular flexibility index (Phi) is 3.20. The van der Waals surface area contributed by atoms with Crippen LogP contribution in [0.2, 0.25) is 0 Å². The average Bonchev–Trinajstić information content (AvgIpc) is 2.70. The first-order valence-corrected chi connectivity index (χ1v) is 6.73. The molecule has 0 aromatic heterocycles. The number of amides is 2. The second-order valence-electron chi connectivity index (χ2n) is 4.27. The third kappa shape index (κ3) is 2.16. The molecule has 1 aliphatic rings. The van der Waals surface area contributed by atoms with Crippen molar-refractivity contribution in [2.75, 3.05) is 0 Å². The fraction of sp³-hybridized carbons (Fsp3) is 0. The molecule has 0 unspecified atom stereocenters. The molecule has 0 fully saturated rings. The minimum absolute atomic E-state index is 0.392. The van der Waals surface area contributed by atoms with Gasteiger partial charge in [0.2, 0.25) is 0 Å². The molecule has 0 atom stereocenters. The highest BCUT2D eigenvalue weighted by Gasteiger charge is 2.35. The van der Waals surface area contributed by atoms with Gasteiger partial charge in [-0.05, 0) is 29.8 Å². The van der Waals surface area contributed by atoms with Gasteiger partial charge >= 0.3 is 0 Å². The molecule has 4 nitrogen and oxygen atoms in total. The van der Waals surface area contributed by atoms with Crippen molar-refractivity contribution in [1.29, 1.82) is 0 Å². The van der Waals surface area contributed by atoms with Gasteiger partial charge < -0.3 is 0 Å². The van der Waals surface area contributed by atoms with Gasteiger partial charge in [0.25, 0.3) is 11.8 Å². The molecule has 1 aliphatic heterocycles. The number of hydrogen-bond acceptors (Lipinski definition) is 3. The van der Waals surface area contributed by atoms with E-state index in [1.165, 1.54) is 6.21 Å². The first kappa shape index (κ1) is 12.7. The van der Waals surface area contributed by atoms with Crippen LogP contribution in [0, 0.1) is 0 Å². The molecule has 0 bridgehead atoms. The summed E-state index contributed by atoms with van der Waals surface area (Å²) in [5.74, 6) is -0.784. The van der Waals surface area contributed by atoms with Crippen LogP contribution in [0.15, 0.2) is 58.1 Å². The summed E-state index contributed by atoms with van der Waals surface area (Å²) in [7, 11) is 0. The summed E-state index contributed by atoms with van der Waals surface area (Å²) < 4.78 is 0.906. The van der Waals surface area contributed by atoms with Crippen LogP contribution in [0.5, 0.6) is 0 Å². The number of benzene rings is 2. The fourth-order valence-corrected chi connectivity index (χ4v) is 2.41. The quantitative estimate of drug-likeness (QED) is 0.628. The Morgan fingerprint density at radius 1 is 0.950 bits per heavy atom. The molecule has 5 heteroatoms. The Morgan fingerprint density at radius 2 is 1.60 bits per heavy atom. The highest BCUT2D eigenvalue weighted by atomic mass is 79.9. The van der Waals surface area contributed by atoms with E-state index in [9.17, 15) is 9.59 Å². The van der Waals surface area contributed by atoms with Gasteiger partial charge in [0.15, 0.2) is 0 Å². The summed E-state index contributed by atoms with van der Waals surface area (Å²) in [4.78, 5) is 24.2. The van der Waals surface area contributed by atoms with Gasteiger partial charge in [-0.3, -0.25) is 9.59 Å². The SMILES string of the molecule is O=C1c2ccccc2C(=O)N1/N=C/c1cccc(Br)c1. The molecule has 2 amide bonds. The number of fused-ring (bicyclic) bond motifs is 1.